The van der Waals surface area contributed by atoms with Gasteiger partial charge in [0.05, 0.1) is 17.3 Å². The van der Waals surface area contributed by atoms with Crippen LogP contribution < -0.4 is 5.32 Å². The molecule has 0 bridgehead atoms. The second kappa shape index (κ2) is 7.20. The molecule has 0 radical (unpaired) electrons. The van der Waals surface area contributed by atoms with Gasteiger partial charge < -0.3 is 10.1 Å². The number of carbonyl (C=O) groups is 1. The molecular formula is C12H13Cl2NO2. The maximum absolute atomic E-state index is 11.0. The number of benzene rings is 1. The van der Waals surface area contributed by atoms with E-state index < -0.39 is 0 Å². The third-order valence-electron chi connectivity index (χ3n) is 1.88. The van der Waals surface area contributed by atoms with Crippen LogP contribution in [-0.2, 0) is 9.53 Å². The van der Waals surface area contributed by atoms with Gasteiger partial charge in [0.25, 0.3) is 0 Å². The average Bonchev–Trinajstić information content (AvgIpc) is 2.29. The lowest BCUT2D eigenvalue weighted by Gasteiger charge is -2.05. The third kappa shape index (κ3) is 5.11. The van der Waals surface area contributed by atoms with Crippen molar-refractivity contribution in [2.24, 2.45) is 0 Å². The molecule has 0 spiro atoms. The molecule has 1 aromatic carbocycles. The largest absolute Gasteiger partial charge is 0.463 e. The minimum absolute atomic E-state index is 0.355. The number of anilines is 1. The van der Waals surface area contributed by atoms with E-state index >= 15 is 0 Å². The van der Waals surface area contributed by atoms with Gasteiger partial charge in [-0.2, -0.15) is 0 Å². The molecule has 0 aliphatic heterocycles. The molecule has 0 saturated carbocycles. The van der Waals surface area contributed by atoms with E-state index in [-0.39, 0.29) is 5.97 Å². The van der Waals surface area contributed by atoms with Crippen molar-refractivity contribution in [3.05, 3.63) is 40.4 Å². The highest BCUT2D eigenvalue weighted by Crippen LogP contribution is 2.24. The summed E-state index contributed by atoms with van der Waals surface area (Å²) in [5.74, 6) is -0.355. The molecule has 0 saturated heterocycles. The molecule has 0 aliphatic carbocycles. The quantitative estimate of drug-likeness (QED) is 0.659. The summed E-state index contributed by atoms with van der Waals surface area (Å²) in [6, 6.07) is 5.15. The van der Waals surface area contributed by atoms with Crippen molar-refractivity contribution in [1.29, 1.82) is 0 Å². The summed E-state index contributed by atoms with van der Waals surface area (Å²) < 4.78 is 4.74. The highest BCUT2D eigenvalue weighted by atomic mass is 35.5. The van der Waals surface area contributed by atoms with Gasteiger partial charge in [0, 0.05) is 17.6 Å². The predicted molar refractivity (Wildman–Crippen MR) is 70.7 cm³/mol. The smallest absolute Gasteiger partial charge is 0.330 e. The molecule has 1 aromatic rings. The molecule has 3 nitrogen and oxygen atoms in total. The minimum atomic E-state index is -0.355. The average molecular weight is 274 g/mol. The zero-order chi connectivity index (χ0) is 12.7. The number of hydrogen-bond acceptors (Lipinski definition) is 3. The maximum atomic E-state index is 11.0. The Labute approximate surface area is 110 Å². The van der Waals surface area contributed by atoms with E-state index in [1.807, 2.05) is 0 Å². The highest BCUT2D eigenvalue weighted by molar-refractivity contribution is 6.35. The summed E-state index contributed by atoms with van der Waals surface area (Å²) in [5.41, 5.74) is 0.729. The third-order valence-corrected chi connectivity index (χ3v) is 2.44. The molecule has 0 atom stereocenters. The standard InChI is InChI=1S/C12H13Cl2NO2/c1-2-17-12(16)4-3-7-15-11-8-9(13)5-6-10(11)14/h3-6,8,15H,2,7H2,1H3/b4-3+. The molecule has 0 amide bonds. The SMILES string of the molecule is CCOC(=O)/C=C/CNc1cc(Cl)ccc1Cl. The predicted octanol–water partition coefficient (Wildman–Crippen LogP) is 3.52. The number of esters is 1. The molecule has 1 N–H and O–H groups in total. The van der Waals surface area contributed by atoms with E-state index in [0.29, 0.717) is 23.2 Å². The fourth-order valence-corrected chi connectivity index (χ4v) is 1.50. The van der Waals surface area contributed by atoms with Crippen LogP contribution in [0.1, 0.15) is 6.92 Å². The summed E-state index contributed by atoms with van der Waals surface area (Å²) in [6.07, 6.45) is 3.03. The van der Waals surface area contributed by atoms with Gasteiger partial charge in [0.2, 0.25) is 0 Å². The first-order valence-electron chi connectivity index (χ1n) is 5.15. The van der Waals surface area contributed by atoms with Crippen LogP contribution in [0.3, 0.4) is 0 Å². The van der Waals surface area contributed by atoms with Crippen molar-refractivity contribution in [3.8, 4) is 0 Å². The minimum Gasteiger partial charge on any atom is -0.463 e. The van der Waals surface area contributed by atoms with E-state index in [0.717, 1.165) is 5.69 Å². The lowest BCUT2D eigenvalue weighted by Crippen LogP contribution is -2.02. The fourth-order valence-electron chi connectivity index (χ4n) is 1.15. The Morgan fingerprint density at radius 1 is 1.47 bits per heavy atom. The van der Waals surface area contributed by atoms with Crippen molar-refractivity contribution in [2.45, 2.75) is 6.92 Å². The lowest BCUT2D eigenvalue weighted by molar-refractivity contribution is -0.137. The summed E-state index contributed by atoms with van der Waals surface area (Å²) in [4.78, 5) is 11.0. The van der Waals surface area contributed by atoms with Crippen LogP contribution in [0.4, 0.5) is 5.69 Å². The van der Waals surface area contributed by atoms with Crippen LogP contribution in [0.2, 0.25) is 10.0 Å². The van der Waals surface area contributed by atoms with Gasteiger partial charge >= 0.3 is 5.97 Å². The number of halogens is 2. The monoisotopic (exact) mass is 273 g/mol. The zero-order valence-corrected chi connectivity index (χ0v) is 10.9. The van der Waals surface area contributed by atoms with Crippen LogP contribution in [-0.4, -0.2) is 19.1 Å². The van der Waals surface area contributed by atoms with Gasteiger partial charge in [-0.1, -0.05) is 29.3 Å². The number of ether oxygens (including phenoxy) is 1. The Morgan fingerprint density at radius 2 is 2.24 bits per heavy atom. The van der Waals surface area contributed by atoms with Gasteiger partial charge in [0.15, 0.2) is 0 Å². The van der Waals surface area contributed by atoms with Crippen LogP contribution in [0.15, 0.2) is 30.4 Å². The van der Waals surface area contributed by atoms with E-state index in [1.54, 1.807) is 31.2 Å². The Hall–Kier alpha value is -1.19. The lowest BCUT2D eigenvalue weighted by atomic mass is 10.3. The van der Waals surface area contributed by atoms with Gasteiger partial charge in [-0.15, -0.1) is 0 Å². The topological polar surface area (TPSA) is 38.3 Å². The molecule has 0 heterocycles. The number of carbonyl (C=O) groups excluding carboxylic acids is 1. The second-order valence-corrected chi connectivity index (χ2v) is 4.00. The summed E-state index contributed by atoms with van der Waals surface area (Å²) in [5, 5.41) is 4.23. The molecule has 92 valence electrons. The normalized spacial score (nSPS) is 10.5. The molecular weight excluding hydrogens is 261 g/mol. The van der Waals surface area contributed by atoms with Crippen molar-refractivity contribution in [3.63, 3.8) is 0 Å². The van der Waals surface area contributed by atoms with Crippen LogP contribution in [0, 0.1) is 0 Å². The van der Waals surface area contributed by atoms with E-state index in [4.69, 9.17) is 27.9 Å². The molecule has 17 heavy (non-hydrogen) atoms. The number of hydrogen-bond donors (Lipinski definition) is 1. The Kier molecular flexibility index (Phi) is 5.87. The van der Waals surface area contributed by atoms with Crippen LogP contribution >= 0.6 is 23.2 Å². The first-order chi connectivity index (χ1) is 8.13. The second-order valence-electron chi connectivity index (χ2n) is 3.16. The Balaban J connectivity index is 2.45. The van der Waals surface area contributed by atoms with Gasteiger partial charge in [-0.3, -0.25) is 0 Å². The molecule has 0 fully saturated rings. The first-order valence-corrected chi connectivity index (χ1v) is 5.91. The summed E-state index contributed by atoms with van der Waals surface area (Å²) >= 11 is 11.8. The van der Waals surface area contributed by atoms with Gasteiger partial charge in [-0.25, -0.2) is 4.79 Å². The van der Waals surface area contributed by atoms with Crippen LogP contribution in [0.25, 0.3) is 0 Å². The van der Waals surface area contributed by atoms with Crippen molar-refractivity contribution >= 4 is 34.9 Å². The molecule has 0 aliphatic rings. The van der Waals surface area contributed by atoms with E-state index in [2.05, 4.69) is 5.32 Å². The Bertz CT molecular complexity index is 419. The van der Waals surface area contributed by atoms with Crippen molar-refractivity contribution in [2.75, 3.05) is 18.5 Å². The fraction of sp³-hybridized carbons (Fsp3) is 0.250. The van der Waals surface area contributed by atoms with Crippen molar-refractivity contribution < 1.29 is 9.53 Å². The number of rotatable bonds is 5. The van der Waals surface area contributed by atoms with Gasteiger partial charge in [-0.05, 0) is 25.1 Å². The molecule has 0 aromatic heterocycles. The number of nitrogens with one attached hydrogen (secondary N) is 1. The molecule has 0 unspecified atom stereocenters. The van der Waals surface area contributed by atoms with Crippen molar-refractivity contribution in [1.82, 2.24) is 0 Å². The summed E-state index contributed by atoms with van der Waals surface area (Å²) in [6.45, 7) is 2.60. The molecule has 5 heteroatoms. The van der Waals surface area contributed by atoms with E-state index in [9.17, 15) is 4.79 Å². The highest BCUT2D eigenvalue weighted by Gasteiger charge is 1.99. The van der Waals surface area contributed by atoms with Gasteiger partial charge in [0.1, 0.15) is 0 Å². The maximum Gasteiger partial charge on any atom is 0.330 e. The molecule has 1 rings (SSSR count). The Morgan fingerprint density at radius 3 is 2.94 bits per heavy atom. The van der Waals surface area contributed by atoms with E-state index in [1.165, 1.54) is 6.08 Å². The first kappa shape index (κ1) is 13.9. The zero-order valence-electron chi connectivity index (χ0n) is 9.37. The van der Waals surface area contributed by atoms with Crippen LogP contribution in [0.5, 0.6) is 0 Å². The summed E-state index contributed by atoms with van der Waals surface area (Å²) in [7, 11) is 0.